The lowest BCUT2D eigenvalue weighted by molar-refractivity contribution is -0.174. The molecule has 1 aromatic rings. The predicted molar refractivity (Wildman–Crippen MR) is 99.3 cm³/mol. The number of nitrogens with zero attached hydrogens (tertiary/aromatic N) is 2. The molecule has 1 amide bonds. The van der Waals surface area contributed by atoms with Gasteiger partial charge in [0, 0.05) is 55.8 Å². The molecule has 1 aliphatic rings. The number of benzene rings is 1. The number of hydrogen-bond acceptors (Lipinski definition) is 3. The minimum Gasteiger partial charge on any atom is -0.372 e. The van der Waals surface area contributed by atoms with Gasteiger partial charge < -0.3 is 9.64 Å². The topological polar surface area (TPSA) is 32.8 Å². The highest BCUT2D eigenvalue weighted by Gasteiger charge is 2.27. The number of piperazine rings is 1. The molecular formula is C18H23Cl2F3N2O2. The lowest BCUT2D eigenvalue weighted by atomic mass is 10.1. The van der Waals surface area contributed by atoms with E-state index in [2.05, 4.69) is 9.64 Å². The molecule has 9 heteroatoms. The number of alkyl halides is 3. The first kappa shape index (κ1) is 22.3. The third kappa shape index (κ3) is 8.25. The third-order valence-corrected chi connectivity index (χ3v) is 4.96. The average Bonchev–Trinajstić information content (AvgIpc) is 2.60. The van der Waals surface area contributed by atoms with Crippen molar-refractivity contribution >= 4 is 29.1 Å². The van der Waals surface area contributed by atoms with E-state index in [1.807, 2.05) is 11.0 Å². The maximum absolute atomic E-state index is 12.4. The van der Waals surface area contributed by atoms with Gasteiger partial charge in [0.25, 0.3) is 0 Å². The van der Waals surface area contributed by atoms with Gasteiger partial charge in [-0.25, -0.2) is 0 Å². The van der Waals surface area contributed by atoms with Crippen LogP contribution in [0.4, 0.5) is 13.2 Å². The van der Waals surface area contributed by atoms with Gasteiger partial charge in [-0.3, -0.25) is 9.69 Å². The van der Waals surface area contributed by atoms with Gasteiger partial charge >= 0.3 is 6.18 Å². The van der Waals surface area contributed by atoms with E-state index >= 15 is 0 Å². The maximum atomic E-state index is 12.4. The molecule has 4 nitrogen and oxygen atoms in total. The average molecular weight is 427 g/mol. The Morgan fingerprint density at radius 1 is 1.15 bits per heavy atom. The van der Waals surface area contributed by atoms with Gasteiger partial charge in [-0.2, -0.15) is 13.2 Å². The van der Waals surface area contributed by atoms with E-state index in [4.69, 9.17) is 23.2 Å². The highest BCUT2D eigenvalue weighted by Crippen LogP contribution is 2.22. The minimum absolute atomic E-state index is 0.0779. The molecule has 0 unspecified atom stereocenters. The number of hydrogen-bond donors (Lipinski definition) is 0. The Morgan fingerprint density at radius 2 is 1.85 bits per heavy atom. The van der Waals surface area contributed by atoms with E-state index in [1.54, 1.807) is 12.1 Å². The van der Waals surface area contributed by atoms with Crippen LogP contribution in [0.1, 0.15) is 18.4 Å². The first-order valence-electron chi connectivity index (χ1n) is 8.83. The minimum atomic E-state index is -4.28. The standard InChI is InChI=1S/C18H23Cl2F3N2O2/c19-15-4-2-14(16(20)12-15)3-5-17(26)25-9-7-24(8-10-25)6-1-11-27-13-18(21,22)23/h2,4,12H,1,3,5-11,13H2. The van der Waals surface area contributed by atoms with Crippen LogP contribution in [-0.4, -0.2) is 67.8 Å². The number of halogens is 5. The molecule has 1 saturated heterocycles. The summed E-state index contributed by atoms with van der Waals surface area (Å²) < 4.78 is 40.5. The van der Waals surface area contributed by atoms with Crippen LogP contribution in [-0.2, 0) is 16.0 Å². The van der Waals surface area contributed by atoms with E-state index < -0.39 is 12.8 Å². The molecule has 152 valence electrons. The molecule has 0 aromatic heterocycles. The van der Waals surface area contributed by atoms with Crippen LogP contribution < -0.4 is 0 Å². The summed E-state index contributed by atoms with van der Waals surface area (Å²) in [6.07, 6.45) is -2.79. The second kappa shape index (κ2) is 10.5. The molecule has 1 aliphatic heterocycles. The van der Waals surface area contributed by atoms with Gasteiger partial charge in [-0.05, 0) is 30.5 Å². The monoisotopic (exact) mass is 426 g/mol. The highest BCUT2D eigenvalue weighted by atomic mass is 35.5. The molecule has 0 atom stereocenters. The van der Waals surface area contributed by atoms with E-state index in [1.165, 1.54) is 0 Å². The fourth-order valence-corrected chi connectivity index (χ4v) is 3.43. The summed E-state index contributed by atoms with van der Waals surface area (Å²) in [5, 5.41) is 1.13. The lowest BCUT2D eigenvalue weighted by Gasteiger charge is -2.34. The molecule has 2 rings (SSSR count). The molecule has 27 heavy (non-hydrogen) atoms. The molecule has 1 aromatic carbocycles. The molecule has 0 saturated carbocycles. The summed E-state index contributed by atoms with van der Waals surface area (Å²) in [5.41, 5.74) is 0.895. The largest absolute Gasteiger partial charge is 0.411 e. The van der Waals surface area contributed by atoms with Crippen LogP contribution >= 0.6 is 23.2 Å². The Hall–Kier alpha value is -1.02. The SMILES string of the molecule is O=C(CCc1ccc(Cl)cc1Cl)N1CCN(CCCOCC(F)(F)F)CC1. The van der Waals surface area contributed by atoms with Crippen molar-refractivity contribution in [3.63, 3.8) is 0 Å². The van der Waals surface area contributed by atoms with E-state index in [0.29, 0.717) is 62.0 Å². The fourth-order valence-electron chi connectivity index (χ4n) is 2.92. The summed E-state index contributed by atoms with van der Waals surface area (Å²) >= 11 is 12.0. The molecule has 0 spiro atoms. The van der Waals surface area contributed by atoms with Crippen molar-refractivity contribution < 1.29 is 22.7 Å². The number of amides is 1. The van der Waals surface area contributed by atoms with E-state index in [-0.39, 0.29) is 12.5 Å². The van der Waals surface area contributed by atoms with Gasteiger partial charge in [-0.15, -0.1) is 0 Å². The first-order chi connectivity index (χ1) is 12.7. The Labute approximate surface area is 167 Å². The first-order valence-corrected chi connectivity index (χ1v) is 9.59. The normalized spacial score (nSPS) is 16.0. The molecule has 0 bridgehead atoms. The number of rotatable bonds is 8. The van der Waals surface area contributed by atoms with Gasteiger partial charge in [0.05, 0.1) is 0 Å². The number of carbonyl (C=O) groups is 1. The molecular weight excluding hydrogens is 404 g/mol. The number of ether oxygens (including phenoxy) is 1. The van der Waals surface area contributed by atoms with Gasteiger partial charge in [0.15, 0.2) is 0 Å². The summed E-state index contributed by atoms with van der Waals surface area (Å²) in [6, 6.07) is 5.25. The second-order valence-corrected chi connectivity index (χ2v) is 7.32. The van der Waals surface area contributed by atoms with Crippen molar-refractivity contribution in [1.29, 1.82) is 0 Å². The van der Waals surface area contributed by atoms with Crippen molar-refractivity contribution in [2.75, 3.05) is 45.9 Å². The quantitative estimate of drug-likeness (QED) is 0.588. The molecule has 0 radical (unpaired) electrons. The van der Waals surface area contributed by atoms with E-state index in [9.17, 15) is 18.0 Å². The van der Waals surface area contributed by atoms with Crippen molar-refractivity contribution in [1.82, 2.24) is 9.80 Å². The predicted octanol–water partition coefficient (Wildman–Crippen LogP) is 4.04. The van der Waals surface area contributed by atoms with Crippen molar-refractivity contribution in [2.45, 2.75) is 25.4 Å². The zero-order chi connectivity index (χ0) is 19.9. The Morgan fingerprint density at radius 3 is 2.48 bits per heavy atom. The van der Waals surface area contributed by atoms with Gasteiger partial charge in [0.1, 0.15) is 6.61 Å². The Kier molecular flexibility index (Phi) is 8.66. The third-order valence-electron chi connectivity index (χ3n) is 4.38. The zero-order valence-electron chi connectivity index (χ0n) is 14.9. The zero-order valence-corrected chi connectivity index (χ0v) is 16.4. The van der Waals surface area contributed by atoms with Crippen molar-refractivity contribution in [2.24, 2.45) is 0 Å². The molecule has 0 aliphatic carbocycles. The van der Waals surface area contributed by atoms with Crippen LogP contribution in [0.2, 0.25) is 10.0 Å². The number of aryl methyl sites for hydroxylation is 1. The molecule has 0 N–H and O–H groups in total. The van der Waals surface area contributed by atoms with Crippen LogP contribution in [0.5, 0.6) is 0 Å². The summed E-state index contributed by atoms with van der Waals surface area (Å²) in [4.78, 5) is 16.3. The molecule has 1 fully saturated rings. The Bertz CT molecular complexity index is 621. The van der Waals surface area contributed by atoms with Crippen LogP contribution in [0, 0.1) is 0 Å². The van der Waals surface area contributed by atoms with Crippen molar-refractivity contribution in [3.8, 4) is 0 Å². The van der Waals surface area contributed by atoms with Gasteiger partial charge in [-0.1, -0.05) is 29.3 Å². The lowest BCUT2D eigenvalue weighted by Crippen LogP contribution is -2.49. The summed E-state index contributed by atoms with van der Waals surface area (Å²) in [6.45, 7) is 2.22. The summed E-state index contributed by atoms with van der Waals surface area (Å²) in [5.74, 6) is 0.0779. The number of carbonyl (C=O) groups excluding carboxylic acids is 1. The van der Waals surface area contributed by atoms with Gasteiger partial charge in [0.2, 0.25) is 5.91 Å². The van der Waals surface area contributed by atoms with Crippen LogP contribution in [0.3, 0.4) is 0 Å². The van der Waals surface area contributed by atoms with Crippen molar-refractivity contribution in [3.05, 3.63) is 33.8 Å². The second-order valence-electron chi connectivity index (χ2n) is 6.48. The highest BCUT2D eigenvalue weighted by molar-refractivity contribution is 6.35. The Balaban J connectivity index is 1.62. The smallest absolute Gasteiger partial charge is 0.372 e. The van der Waals surface area contributed by atoms with Crippen LogP contribution in [0.25, 0.3) is 0 Å². The maximum Gasteiger partial charge on any atom is 0.411 e. The fraction of sp³-hybridized carbons (Fsp3) is 0.611. The summed E-state index contributed by atoms with van der Waals surface area (Å²) in [7, 11) is 0. The van der Waals surface area contributed by atoms with E-state index in [0.717, 1.165) is 5.56 Å². The molecule has 1 heterocycles. The van der Waals surface area contributed by atoms with Crippen LogP contribution in [0.15, 0.2) is 18.2 Å².